The summed E-state index contributed by atoms with van der Waals surface area (Å²) in [6.07, 6.45) is 1.71. The molecule has 0 aromatic heterocycles. The summed E-state index contributed by atoms with van der Waals surface area (Å²) in [6.45, 7) is 4.72. The smallest absolute Gasteiger partial charge is 0.244 e. The molecule has 0 heterocycles. The van der Waals surface area contributed by atoms with Gasteiger partial charge >= 0.3 is 0 Å². The maximum absolute atomic E-state index is 13.6. The van der Waals surface area contributed by atoms with Gasteiger partial charge in [-0.2, -0.15) is 0 Å². The molecule has 0 saturated heterocycles. The maximum atomic E-state index is 13.6. The molecule has 11 heteroatoms. The van der Waals surface area contributed by atoms with Gasteiger partial charge in [0.15, 0.2) is 0 Å². The summed E-state index contributed by atoms with van der Waals surface area (Å²) in [5.74, 6) is -0.697. The fraction of sp³-hybridized carbons (Fsp3) is 0.417. The van der Waals surface area contributed by atoms with Gasteiger partial charge < -0.3 is 15.0 Å². The van der Waals surface area contributed by atoms with Gasteiger partial charge in [0.1, 0.15) is 18.3 Å². The average Bonchev–Trinajstić information content (AvgIpc) is 2.80. The zero-order chi connectivity index (χ0) is 26.3. The lowest BCUT2D eigenvalue weighted by molar-refractivity contribution is -0.139. The number of carbonyl (C=O) groups is 2. The van der Waals surface area contributed by atoms with Crippen molar-refractivity contribution >= 4 is 50.7 Å². The Morgan fingerprint density at radius 2 is 1.66 bits per heavy atom. The molecule has 1 N–H and O–H groups in total. The van der Waals surface area contributed by atoms with Crippen molar-refractivity contribution in [1.82, 2.24) is 10.2 Å². The summed E-state index contributed by atoms with van der Waals surface area (Å²) in [7, 11) is -2.47. The highest BCUT2D eigenvalue weighted by Gasteiger charge is 2.32. The zero-order valence-electron chi connectivity index (χ0n) is 20.4. The lowest BCUT2D eigenvalue weighted by Crippen LogP contribution is -2.52. The molecule has 2 aromatic carbocycles. The highest BCUT2D eigenvalue weighted by atomic mass is 35.5. The quantitative estimate of drug-likeness (QED) is 0.460. The van der Waals surface area contributed by atoms with Gasteiger partial charge in [-0.25, -0.2) is 8.42 Å². The summed E-state index contributed by atoms with van der Waals surface area (Å²) in [6, 6.07) is 10.4. The van der Waals surface area contributed by atoms with Crippen molar-refractivity contribution in [2.75, 3.05) is 24.2 Å². The Balaban J connectivity index is 2.48. The number of para-hydroxylation sites is 2. The fourth-order valence-electron chi connectivity index (χ4n) is 3.33. The first-order valence-electron chi connectivity index (χ1n) is 11.0. The minimum atomic E-state index is -3.88. The van der Waals surface area contributed by atoms with E-state index in [9.17, 15) is 18.0 Å². The van der Waals surface area contributed by atoms with E-state index in [0.717, 1.165) is 10.6 Å². The second-order valence-corrected chi connectivity index (χ2v) is 10.9. The predicted octanol–water partition coefficient (Wildman–Crippen LogP) is 4.10. The molecule has 2 atom stereocenters. The SMILES string of the molecule is CC[C@@H](C)NC(=O)[C@H](C)N(Cc1c(Cl)cccc1Cl)C(=O)CN(c1ccccc1OC)S(C)(=O)=O. The molecule has 2 aromatic rings. The number of halogens is 2. The van der Waals surface area contributed by atoms with Gasteiger partial charge in [-0.3, -0.25) is 13.9 Å². The van der Waals surface area contributed by atoms with Crippen LogP contribution in [0.1, 0.15) is 32.8 Å². The highest BCUT2D eigenvalue weighted by molar-refractivity contribution is 7.92. The Bertz CT molecular complexity index is 1140. The summed E-state index contributed by atoms with van der Waals surface area (Å²) in [5, 5.41) is 3.52. The first-order chi connectivity index (χ1) is 16.4. The first kappa shape index (κ1) is 28.7. The molecule has 0 radical (unpaired) electrons. The van der Waals surface area contributed by atoms with E-state index in [1.165, 1.54) is 12.0 Å². The number of nitrogens with zero attached hydrogens (tertiary/aromatic N) is 2. The molecule has 2 amide bonds. The van der Waals surface area contributed by atoms with Gasteiger partial charge in [0.25, 0.3) is 0 Å². The standard InChI is InChI=1S/C24H31Cl2N3O5S/c1-6-16(2)27-24(31)17(3)28(14-18-19(25)10-9-11-20(18)26)23(30)15-29(35(5,32)33)21-12-7-8-13-22(21)34-4/h7-13,16-17H,6,14-15H2,1-5H3,(H,27,31)/t16-,17+/m1/s1. The molecule has 0 fully saturated rings. The molecule has 0 aliphatic heterocycles. The Kier molecular flexibility index (Phi) is 10.2. The number of hydrogen-bond donors (Lipinski definition) is 1. The van der Waals surface area contributed by atoms with Crippen molar-refractivity contribution < 1.29 is 22.7 Å². The summed E-state index contributed by atoms with van der Waals surface area (Å²) >= 11 is 12.7. The molecule has 0 bridgehead atoms. The molecular formula is C24H31Cl2N3O5S. The third-order valence-electron chi connectivity index (χ3n) is 5.59. The van der Waals surface area contributed by atoms with Crippen LogP contribution in [0.2, 0.25) is 10.0 Å². The number of rotatable bonds is 11. The van der Waals surface area contributed by atoms with Crippen LogP contribution in [-0.4, -0.2) is 57.1 Å². The summed E-state index contributed by atoms with van der Waals surface area (Å²) in [5.41, 5.74) is 0.661. The number of sulfonamides is 1. The Hall–Kier alpha value is -2.49. The average molecular weight is 545 g/mol. The van der Waals surface area contributed by atoms with Gasteiger partial charge in [0, 0.05) is 28.2 Å². The third kappa shape index (κ3) is 7.49. The van der Waals surface area contributed by atoms with Crippen molar-refractivity contribution in [3.63, 3.8) is 0 Å². The van der Waals surface area contributed by atoms with Crippen LogP contribution in [0.5, 0.6) is 5.75 Å². The van der Waals surface area contributed by atoms with E-state index in [0.29, 0.717) is 22.0 Å². The normalized spacial score (nSPS) is 13.0. The molecule has 8 nitrogen and oxygen atoms in total. The van der Waals surface area contributed by atoms with Crippen molar-refractivity contribution in [3.8, 4) is 5.75 Å². The molecule has 192 valence electrons. The monoisotopic (exact) mass is 543 g/mol. The van der Waals surface area contributed by atoms with Gasteiger partial charge in [-0.15, -0.1) is 0 Å². The van der Waals surface area contributed by atoms with Crippen LogP contribution in [0.3, 0.4) is 0 Å². The van der Waals surface area contributed by atoms with Crippen LogP contribution in [-0.2, 0) is 26.2 Å². The molecule has 0 saturated carbocycles. The first-order valence-corrected chi connectivity index (χ1v) is 13.6. The highest BCUT2D eigenvalue weighted by Crippen LogP contribution is 2.30. The number of anilines is 1. The van der Waals surface area contributed by atoms with E-state index in [-0.39, 0.29) is 29.9 Å². The van der Waals surface area contributed by atoms with Crippen LogP contribution in [0.25, 0.3) is 0 Å². The molecule has 0 aliphatic rings. The Morgan fingerprint density at radius 3 is 2.20 bits per heavy atom. The van der Waals surface area contributed by atoms with Crippen molar-refractivity contribution in [2.45, 2.75) is 45.8 Å². The van der Waals surface area contributed by atoms with Crippen LogP contribution >= 0.6 is 23.2 Å². The van der Waals surface area contributed by atoms with Gasteiger partial charge in [0.2, 0.25) is 21.8 Å². The number of benzene rings is 2. The second-order valence-electron chi connectivity index (χ2n) is 8.16. The fourth-order valence-corrected chi connectivity index (χ4v) is 4.70. The number of carbonyl (C=O) groups excluding carboxylic acids is 2. The zero-order valence-corrected chi connectivity index (χ0v) is 22.7. The lowest BCUT2D eigenvalue weighted by Gasteiger charge is -2.32. The van der Waals surface area contributed by atoms with Crippen molar-refractivity contribution in [2.24, 2.45) is 0 Å². The second kappa shape index (κ2) is 12.5. The van der Waals surface area contributed by atoms with Gasteiger partial charge in [0.05, 0.1) is 19.1 Å². The minimum absolute atomic E-state index is 0.0873. The molecule has 0 unspecified atom stereocenters. The third-order valence-corrected chi connectivity index (χ3v) is 7.43. The van der Waals surface area contributed by atoms with E-state index in [1.807, 2.05) is 13.8 Å². The predicted molar refractivity (Wildman–Crippen MR) is 140 cm³/mol. The van der Waals surface area contributed by atoms with Gasteiger partial charge in [-0.1, -0.05) is 48.3 Å². The lowest BCUT2D eigenvalue weighted by atomic mass is 10.1. The summed E-state index contributed by atoms with van der Waals surface area (Å²) < 4.78 is 31.6. The van der Waals surface area contributed by atoms with E-state index in [4.69, 9.17) is 27.9 Å². The molecular weight excluding hydrogens is 513 g/mol. The van der Waals surface area contributed by atoms with Crippen molar-refractivity contribution in [3.05, 3.63) is 58.1 Å². The number of nitrogens with one attached hydrogen (secondary N) is 1. The number of ether oxygens (including phenoxy) is 1. The molecule has 0 aliphatic carbocycles. The summed E-state index contributed by atoms with van der Waals surface area (Å²) in [4.78, 5) is 27.8. The van der Waals surface area contributed by atoms with E-state index < -0.39 is 28.5 Å². The topological polar surface area (TPSA) is 96.0 Å². The molecule has 2 rings (SSSR count). The van der Waals surface area contributed by atoms with Crippen LogP contribution < -0.4 is 14.4 Å². The van der Waals surface area contributed by atoms with Crippen LogP contribution in [0.15, 0.2) is 42.5 Å². The van der Waals surface area contributed by atoms with Crippen molar-refractivity contribution in [1.29, 1.82) is 0 Å². The number of hydrogen-bond acceptors (Lipinski definition) is 5. The van der Waals surface area contributed by atoms with E-state index in [2.05, 4.69) is 5.32 Å². The van der Waals surface area contributed by atoms with Crippen LogP contribution in [0, 0.1) is 0 Å². The Labute approximate surface area is 217 Å². The number of amides is 2. The van der Waals surface area contributed by atoms with Crippen LogP contribution in [0.4, 0.5) is 5.69 Å². The molecule has 0 spiro atoms. The van der Waals surface area contributed by atoms with Gasteiger partial charge in [-0.05, 0) is 44.5 Å². The molecule has 35 heavy (non-hydrogen) atoms. The van der Waals surface area contributed by atoms with E-state index in [1.54, 1.807) is 49.4 Å². The maximum Gasteiger partial charge on any atom is 0.244 e. The number of methoxy groups -OCH3 is 1. The Morgan fingerprint density at radius 1 is 1.06 bits per heavy atom. The largest absolute Gasteiger partial charge is 0.495 e. The van der Waals surface area contributed by atoms with E-state index >= 15 is 0 Å². The minimum Gasteiger partial charge on any atom is -0.495 e.